The summed E-state index contributed by atoms with van der Waals surface area (Å²) < 4.78 is 17.9. The van der Waals surface area contributed by atoms with Crippen molar-refractivity contribution in [2.45, 2.75) is 64.9 Å². The molecular formula is C31H32ClNO4. The van der Waals surface area contributed by atoms with Crippen LogP contribution in [0.5, 0.6) is 5.75 Å². The standard InChI is InChI=1S/C31H32ClNO4/c1-5-35-23-14-28(33(16-23)30(34)37-31(2,3)4)20-10-18-6-7-19-12-27-24-9-8-22(32)11-21(24)17-36-29(27)15-26(19)25(18)13-20/h6-12,15,23,28H,5,13-14,16-17H2,1-4H3/t23-,28-/m0/s1. The van der Waals surface area contributed by atoms with Gasteiger partial charge in [0, 0.05) is 17.2 Å². The maximum atomic E-state index is 13.1. The van der Waals surface area contributed by atoms with Crippen LogP contribution in [-0.2, 0) is 22.5 Å². The first-order valence-corrected chi connectivity index (χ1v) is 13.4. The Morgan fingerprint density at radius 3 is 2.76 bits per heavy atom. The molecule has 2 heterocycles. The maximum Gasteiger partial charge on any atom is 0.410 e. The number of carbonyl (C=O) groups is 1. The van der Waals surface area contributed by atoms with Crippen molar-refractivity contribution in [3.8, 4) is 16.9 Å². The first-order chi connectivity index (χ1) is 17.7. The van der Waals surface area contributed by atoms with Crippen LogP contribution in [0.15, 0.2) is 48.0 Å². The van der Waals surface area contributed by atoms with Crippen LogP contribution in [0, 0.1) is 0 Å². The molecule has 1 fully saturated rings. The lowest BCUT2D eigenvalue weighted by molar-refractivity contribution is 0.0192. The summed E-state index contributed by atoms with van der Waals surface area (Å²) in [6.07, 6.45) is 3.56. The van der Waals surface area contributed by atoms with Crippen molar-refractivity contribution in [3.63, 3.8) is 0 Å². The molecule has 3 aromatic carbocycles. The number of rotatable bonds is 3. The minimum Gasteiger partial charge on any atom is -0.488 e. The molecule has 1 saturated heterocycles. The van der Waals surface area contributed by atoms with Crippen molar-refractivity contribution < 1.29 is 19.0 Å². The molecule has 192 valence electrons. The second kappa shape index (κ2) is 9.07. The van der Waals surface area contributed by atoms with Gasteiger partial charge in [0.2, 0.25) is 0 Å². The van der Waals surface area contributed by atoms with Gasteiger partial charge >= 0.3 is 6.09 Å². The van der Waals surface area contributed by atoms with Gasteiger partial charge < -0.3 is 14.2 Å². The predicted octanol–water partition coefficient (Wildman–Crippen LogP) is 7.41. The number of amides is 1. The summed E-state index contributed by atoms with van der Waals surface area (Å²) in [5.74, 6) is 0.900. The Morgan fingerprint density at radius 1 is 1.14 bits per heavy atom. The Hall–Kier alpha value is -3.02. The number of nitrogens with zero attached hydrogens (tertiary/aromatic N) is 1. The van der Waals surface area contributed by atoms with Crippen molar-refractivity contribution in [2.24, 2.45) is 0 Å². The molecule has 6 rings (SSSR count). The van der Waals surface area contributed by atoms with Crippen LogP contribution < -0.4 is 4.74 Å². The molecule has 3 aliphatic rings. The molecule has 0 unspecified atom stereocenters. The van der Waals surface area contributed by atoms with Crippen LogP contribution in [-0.4, -0.2) is 41.9 Å². The summed E-state index contributed by atoms with van der Waals surface area (Å²) in [5.41, 5.74) is 6.55. The third kappa shape index (κ3) is 4.49. The van der Waals surface area contributed by atoms with Crippen LogP contribution in [0.3, 0.4) is 0 Å². The first kappa shape index (κ1) is 24.3. The fourth-order valence-corrected chi connectivity index (χ4v) is 6.09. The van der Waals surface area contributed by atoms with E-state index >= 15 is 0 Å². The second-order valence-electron chi connectivity index (χ2n) is 11.2. The van der Waals surface area contributed by atoms with Crippen LogP contribution in [0.2, 0.25) is 5.02 Å². The van der Waals surface area contributed by atoms with Crippen LogP contribution in [0.25, 0.3) is 28.0 Å². The van der Waals surface area contributed by atoms with Gasteiger partial charge in [0.15, 0.2) is 0 Å². The summed E-state index contributed by atoms with van der Waals surface area (Å²) >= 11 is 6.22. The average molecular weight is 518 g/mol. The topological polar surface area (TPSA) is 48.0 Å². The molecule has 1 amide bonds. The molecule has 1 aliphatic carbocycles. The van der Waals surface area contributed by atoms with Crippen molar-refractivity contribution in [2.75, 3.05) is 13.2 Å². The zero-order valence-corrected chi connectivity index (χ0v) is 22.5. The predicted molar refractivity (Wildman–Crippen MR) is 147 cm³/mol. The molecule has 0 aromatic heterocycles. The number of benzene rings is 3. The zero-order chi connectivity index (χ0) is 25.9. The van der Waals surface area contributed by atoms with E-state index in [1.54, 1.807) is 0 Å². The minimum absolute atomic E-state index is 0.0119. The molecule has 0 radical (unpaired) electrons. The molecular weight excluding hydrogens is 486 g/mol. The molecule has 2 aliphatic heterocycles. The van der Waals surface area contributed by atoms with Gasteiger partial charge in [-0.2, -0.15) is 0 Å². The van der Waals surface area contributed by atoms with Crippen molar-refractivity contribution in [3.05, 3.63) is 69.8 Å². The first-order valence-electron chi connectivity index (χ1n) is 13.0. The van der Waals surface area contributed by atoms with Gasteiger partial charge in [-0.05, 0) is 103 Å². The summed E-state index contributed by atoms with van der Waals surface area (Å²) in [6.45, 7) is 9.40. The summed E-state index contributed by atoms with van der Waals surface area (Å²) in [5, 5.41) is 3.10. The number of ether oxygens (including phenoxy) is 3. The third-order valence-electron chi connectivity index (χ3n) is 7.45. The maximum absolute atomic E-state index is 13.1. The Balaban J connectivity index is 1.33. The fraction of sp³-hybridized carbons (Fsp3) is 0.387. The second-order valence-corrected chi connectivity index (χ2v) is 11.6. The minimum atomic E-state index is -0.544. The van der Waals surface area contributed by atoms with Crippen molar-refractivity contribution >= 4 is 34.5 Å². The average Bonchev–Trinajstić information content (AvgIpc) is 3.46. The van der Waals surface area contributed by atoms with E-state index in [1.165, 1.54) is 33.0 Å². The van der Waals surface area contributed by atoms with Gasteiger partial charge in [-0.1, -0.05) is 35.9 Å². The normalized spacial score (nSPS) is 20.2. The molecule has 37 heavy (non-hydrogen) atoms. The Bertz CT molecular complexity index is 1440. The van der Waals surface area contributed by atoms with Gasteiger partial charge in [-0.25, -0.2) is 4.79 Å². The number of hydrogen-bond donors (Lipinski definition) is 0. The summed E-state index contributed by atoms with van der Waals surface area (Å²) in [7, 11) is 0. The summed E-state index contributed by atoms with van der Waals surface area (Å²) in [6, 6.07) is 14.7. The van der Waals surface area contributed by atoms with E-state index in [0.717, 1.165) is 34.7 Å². The van der Waals surface area contributed by atoms with Crippen molar-refractivity contribution in [1.82, 2.24) is 4.90 Å². The van der Waals surface area contributed by atoms with Gasteiger partial charge in [-0.15, -0.1) is 0 Å². The van der Waals surface area contributed by atoms with Gasteiger partial charge in [0.1, 0.15) is 18.0 Å². The number of carbonyl (C=O) groups excluding carboxylic acids is 1. The van der Waals surface area contributed by atoms with Gasteiger partial charge in [0.25, 0.3) is 0 Å². The molecule has 0 spiro atoms. The van der Waals surface area contributed by atoms with Gasteiger partial charge in [-0.3, -0.25) is 4.90 Å². The van der Waals surface area contributed by atoms with Crippen molar-refractivity contribution in [1.29, 1.82) is 0 Å². The van der Waals surface area contributed by atoms with E-state index in [2.05, 4.69) is 36.4 Å². The highest BCUT2D eigenvalue weighted by atomic mass is 35.5. The SMILES string of the molecule is CCO[C@H]1C[C@@H](C2=Cc3ccc4cc5c(cc4c3C2)OCc2cc(Cl)ccc2-5)N(C(=O)OC(C)(C)C)C1. The Labute approximate surface area is 223 Å². The van der Waals surface area contributed by atoms with E-state index in [4.69, 9.17) is 25.8 Å². The molecule has 2 atom stereocenters. The quantitative estimate of drug-likeness (QED) is 0.363. The zero-order valence-electron chi connectivity index (χ0n) is 21.8. The van der Waals surface area contributed by atoms with E-state index in [9.17, 15) is 4.79 Å². The Morgan fingerprint density at radius 2 is 1.97 bits per heavy atom. The smallest absolute Gasteiger partial charge is 0.410 e. The van der Waals surface area contributed by atoms with Crippen LogP contribution >= 0.6 is 11.6 Å². The number of likely N-dealkylation sites (tertiary alicyclic amines) is 1. The Kier molecular flexibility index (Phi) is 5.96. The number of hydrogen-bond acceptors (Lipinski definition) is 4. The van der Waals surface area contributed by atoms with Crippen LogP contribution in [0.4, 0.5) is 4.79 Å². The monoisotopic (exact) mass is 517 g/mol. The highest BCUT2D eigenvalue weighted by Crippen LogP contribution is 2.44. The van der Waals surface area contributed by atoms with E-state index in [0.29, 0.717) is 19.8 Å². The largest absolute Gasteiger partial charge is 0.488 e. The van der Waals surface area contributed by atoms with Gasteiger partial charge in [0.05, 0.1) is 18.7 Å². The molecule has 5 nitrogen and oxygen atoms in total. The summed E-state index contributed by atoms with van der Waals surface area (Å²) in [4.78, 5) is 15.0. The lowest BCUT2D eigenvalue weighted by Crippen LogP contribution is -2.41. The van der Waals surface area contributed by atoms with E-state index < -0.39 is 5.60 Å². The highest BCUT2D eigenvalue weighted by molar-refractivity contribution is 6.30. The lowest BCUT2D eigenvalue weighted by atomic mass is 9.91. The molecule has 0 bridgehead atoms. The molecule has 0 N–H and O–H groups in total. The van der Waals surface area contributed by atoms with E-state index in [-0.39, 0.29) is 18.2 Å². The van der Waals surface area contributed by atoms with Crippen LogP contribution in [0.1, 0.15) is 50.8 Å². The fourth-order valence-electron chi connectivity index (χ4n) is 5.89. The molecule has 6 heteroatoms. The third-order valence-corrected chi connectivity index (χ3v) is 7.69. The van der Waals surface area contributed by atoms with E-state index in [1.807, 2.05) is 44.7 Å². The number of fused-ring (bicyclic) bond motifs is 6. The molecule has 3 aromatic rings. The highest BCUT2D eigenvalue weighted by Gasteiger charge is 2.41. The number of halogens is 1. The lowest BCUT2D eigenvalue weighted by Gasteiger charge is -2.29. The molecule has 0 saturated carbocycles.